The van der Waals surface area contributed by atoms with Gasteiger partial charge in [-0.3, -0.25) is 0 Å². The van der Waals surface area contributed by atoms with Crippen LogP contribution in [-0.4, -0.2) is 39.5 Å². The van der Waals surface area contributed by atoms with Crippen molar-refractivity contribution in [2.24, 2.45) is 0 Å². The highest BCUT2D eigenvalue weighted by Gasteiger charge is 1.95. The summed E-state index contributed by atoms with van der Waals surface area (Å²) in [4.78, 5) is 0. The van der Waals surface area contributed by atoms with Crippen molar-refractivity contribution in [2.75, 3.05) is 61.6 Å². The summed E-state index contributed by atoms with van der Waals surface area (Å²) in [6, 6.07) is 15.7. The molecule has 0 saturated carbocycles. The molecule has 0 aromatic heterocycles. The van der Waals surface area contributed by atoms with Crippen LogP contribution in [0.15, 0.2) is 48.5 Å². The molecule has 166 valence electrons. The molecule has 0 heterocycles. The minimum Gasteiger partial charge on any atom is -0.399 e. The molecule has 6 N–H and O–H groups in total. The Morgan fingerprint density at radius 3 is 1.20 bits per heavy atom. The maximum absolute atomic E-state index is 5.69. The third kappa shape index (κ3) is 11.5. The van der Waals surface area contributed by atoms with E-state index in [4.69, 9.17) is 20.9 Å². The number of hydrogen-bond acceptors (Lipinski definition) is 6. The number of benzene rings is 2. The van der Waals surface area contributed by atoms with Crippen LogP contribution in [0.1, 0.15) is 38.5 Å². The van der Waals surface area contributed by atoms with E-state index in [1.807, 2.05) is 48.5 Å². The summed E-state index contributed by atoms with van der Waals surface area (Å²) in [6.45, 7) is 5.20. The summed E-state index contributed by atoms with van der Waals surface area (Å²) < 4.78 is 11.4. The van der Waals surface area contributed by atoms with Crippen LogP contribution in [-0.2, 0) is 9.47 Å². The zero-order valence-electron chi connectivity index (χ0n) is 18.1. The van der Waals surface area contributed by atoms with Gasteiger partial charge in [-0.05, 0) is 87.1 Å². The number of hydrogen-bond donors (Lipinski definition) is 4. The normalized spacial score (nSPS) is 10.8. The number of nitrogen functional groups attached to an aromatic ring is 2. The third-order valence-electron chi connectivity index (χ3n) is 4.74. The standard InChI is InChI=1S/C24H38N4O2/c25-21-7-11-23(12-8-21)27-15-1-3-17-29-19-5-6-20-30-18-4-2-16-28-24-13-9-22(26)10-14-24/h7-14,27-28H,1-6,15-20,25-26H2. The summed E-state index contributed by atoms with van der Waals surface area (Å²) in [6.07, 6.45) is 6.46. The SMILES string of the molecule is Nc1ccc(NCCCCOCCCCOCCCCNc2ccc(N)cc2)cc1. The Morgan fingerprint density at radius 1 is 0.500 bits per heavy atom. The molecule has 0 unspecified atom stereocenters. The van der Waals surface area contributed by atoms with Crippen LogP contribution in [0.3, 0.4) is 0 Å². The highest BCUT2D eigenvalue weighted by atomic mass is 16.5. The van der Waals surface area contributed by atoms with Crippen molar-refractivity contribution in [1.82, 2.24) is 0 Å². The maximum Gasteiger partial charge on any atom is 0.0466 e. The Bertz CT molecular complexity index is 602. The van der Waals surface area contributed by atoms with Gasteiger partial charge < -0.3 is 31.6 Å². The first kappa shape index (κ1) is 23.8. The van der Waals surface area contributed by atoms with Crippen LogP contribution in [0, 0.1) is 0 Å². The number of anilines is 4. The van der Waals surface area contributed by atoms with E-state index in [0.717, 1.165) is 101 Å². The molecule has 0 amide bonds. The predicted molar refractivity (Wildman–Crippen MR) is 128 cm³/mol. The first-order valence-corrected chi connectivity index (χ1v) is 11.1. The van der Waals surface area contributed by atoms with E-state index in [0.29, 0.717) is 0 Å². The molecular formula is C24H38N4O2. The van der Waals surface area contributed by atoms with Gasteiger partial charge in [-0.2, -0.15) is 0 Å². The fraction of sp³-hybridized carbons (Fsp3) is 0.500. The van der Waals surface area contributed by atoms with Crippen LogP contribution >= 0.6 is 0 Å². The summed E-state index contributed by atoms with van der Waals surface area (Å²) in [7, 11) is 0. The van der Waals surface area contributed by atoms with Crippen molar-refractivity contribution in [2.45, 2.75) is 38.5 Å². The molecule has 0 bridgehead atoms. The monoisotopic (exact) mass is 414 g/mol. The molecule has 0 fully saturated rings. The second-order valence-electron chi connectivity index (χ2n) is 7.44. The lowest BCUT2D eigenvalue weighted by atomic mass is 10.2. The van der Waals surface area contributed by atoms with E-state index >= 15 is 0 Å². The van der Waals surface area contributed by atoms with Gasteiger partial charge in [-0.15, -0.1) is 0 Å². The van der Waals surface area contributed by atoms with E-state index < -0.39 is 0 Å². The minimum atomic E-state index is 0.794. The van der Waals surface area contributed by atoms with Crippen LogP contribution in [0.5, 0.6) is 0 Å². The summed E-state index contributed by atoms with van der Waals surface area (Å²) in [5, 5.41) is 6.78. The molecule has 0 saturated heterocycles. The fourth-order valence-corrected chi connectivity index (χ4v) is 2.94. The molecular weight excluding hydrogens is 376 g/mol. The van der Waals surface area contributed by atoms with Crippen molar-refractivity contribution in [1.29, 1.82) is 0 Å². The number of unbranched alkanes of at least 4 members (excludes halogenated alkanes) is 3. The Morgan fingerprint density at radius 2 is 0.833 bits per heavy atom. The van der Waals surface area contributed by atoms with Crippen molar-refractivity contribution >= 4 is 22.7 Å². The quantitative estimate of drug-likeness (QED) is 0.220. The van der Waals surface area contributed by atoms with Gasteiger partial charge in [0.15, 0.2) is 0 Å². The Kier molecular flexibility index (Phi) is 12.2. The van der Waals surface area contributed by atoms with Crippen molar-refractivity contribution < 1.29 is 9.47 Å². The summed E-state index contributed by atoms with van der Waals surface area (Å²) in [5.74, 6) is 0. The van der Waals surface area contributed by atoms with Crippen LogP contribution in [0.2, 0.25) is 0 Å². The van der Waals surface area contributed by atoms with Gasteiger partial charge in [0.2, 0.25) is 0 Å². The molecule has 2 aromatic carbocycles. The van der Waals surface area contributed by atoms with E-state index in [2.05, 4.69) is 10.6 Å². The lowest BCUT2D eigenvalue weighted by Gasteiger charge is -2.08. The molecule has 6 heteroatoms. The zero-order chi connectivity index (χ0) is 21.3. The zero-order valence-corrected chi connectivity index (χ0v) is 18.1. The Hall–Kier alpha value is -2.44. The number of rotatable bonds is 17. The second-order valence-corrected chi connectivity index (χ2v) is 7.44. The van der Waals surface area contributed by atoms with Gasteiger partial charge in [0, 0.05) is 62.3 Å². The lowest BCUT2D eigenvalue weighted by Crippen LogP contribution is -2.05. The smallest absolute Gasteiger partial charge is 0.0466 e. The average molecular weight is 415 g/mol. The average Bonchev–Trinajstić information content (AvgIpc) is 2.76. The lowest BCUT2D eigenvalue weighted by molar-refractivity contribution is 0.100. The summed E-state index contributed by atoms with van der Waals surface area (Å²) >= 11 is 0. The first-order valence-electron chi connectivity index (χ1n) is 11.1. The van der Waals surface area contributed by atoms with Crippen molar-refractivity contribution in [3.05, 3.63) is 48.5 Å². The molecule has 0 aliphatic carbocycles. The van der Waals surface area contributed by atoms with E-state index in [1.165, 1.54) is 0 Å². The maximum atomic E-state index is 5.69. The van der Waals surface area contributed by atoms with Crippen LogP contribution < -0.4 is 22.1 Å². The number of nitrogens with one attached hydrogen (secondary N) is 2. The minimum absolute atomic E-state index is 0.794. The van der Waals surface area contributed by atoms with Crippen molar-refractivity contribution in [3.8, 4) is 0 Å². The molecule has 30 heavy (non-hydrogen) atoms. The van der Waals surface area contributed by atoms with Gasteiger partial charge in [0.25, 0.3) is 0 Å². The number of nitrogens with two attached hydrogens (primary N) is 2. The number of ether oxygens (including phenoxy) is 2. The first-order chi connectivity index (χ1) is 14.7. The molecule has 0 atom stereocenters. The predicted octanol–water partition coefficient (Wildman–Crippen LogP) is 4.75. The Labute approximate surface area is 181 Å². The molecule has 0 aliphatic rings. The van der Waals surface area contributed by atoms with E-state index in [1.54, 1.807) is 0 Å². The van der Waals surface area contributed by atoms with Crippen molar-refractivity contribution in [3.63, 3.8) is 0 Å². The van der Waals surface area contributed by atoms with Gasteiger partial charge in [0.05, 0.1) is 0 Å². The van der Waals surface area contributed by atoms with E-state index in [9.17, 15) is 0 Å². The van der Waals surface area contributed by atoms with Gasteiger partial charge in [-0.25, -0.2) is 0 Å². The molecule has 6 nitrogen and oxygen atoms in total. The second kappa shape index (κ2) is 15.4. The van der Waals surface area contributed by atoms with E-state index in [-0.39, 0.29) is 0 Å². The molecule has 2 rings (SSSR count). The highest BCUT2D eigenvalue weighted by Crippen LogP contribution is 2.11. The van der Waals surface area contributed by atoms with Gasteiger partial charge >= 0.3 is 0 Å². The van der Waals surface area contributed by atoms with Crippen LogP contribution in [0.4, 0.5) is 22.7 Å². The molecule has 0 aliphatic heterocycles. The molecule has 0 spiro atoms. The molecule has 0 radical (unpaired) electrons. The van der Waals surface area contributed by atoms with Crippen LogP contribution in [0.25, 0.3) is 0 Å². The highest BCUT2D eigenvalue weighted by molar-refractivity contribution is 5.51. The van der Waals surface area contributed by atoms with Gasteiger partial charge in [0.1, 0.15) is 0 Å². The fourth-order valence-electron chi connectivity index (χ4n) is 2.94. The largest absolute Gasteiger partial charge is 0.399 e. The molecule has 2 aromatic rings. The Balaban J connectivity index is 1.27. The summed E-state index contributed by atoms with van der Waals surface area (Å²) in [5.41, 5.74) is 15.2. The van der Waals surface area contributed by atoms with Gasteiger partial charge in [-0.1, -0.05) is 0 Å². The topological polar surface area (TPSA) is 94.6 Å². The third-order valence-corrected chi connectivity index (χ3v) is 4.74.